The number of anilines is 1. The smallest absolute Gasteiger partial charge is 0.323 e. The van der Waals surface area contributed by atoms with Gasteiger partial charge in [-0.3, -0.25) is 10.1 Å². The molecule has 132 valence electrons. The monoisotopic (exact) mass is 362 g/mol. The number of likely N-dealkylation sites (tertiary alicyclic amines) is 1. The Morgan fingerprint density at radius 3 is 2.64 bits per heavy atom. The van der Waals surface area contributed by atoms with E-state index >= 15 is 0 Å². The summed E-state index contributed by atoms with van der Waals surface area (Å²) in [6.45, 7) is 1.15. The molecule has 0 aliphatic carbocycles. The molecule has 0 unspecified atom stereocenters. The van der Waals surface area contributed by atoms with Crippen molar-refractivity contribution in [2.75, 3.05) is 18.4 Å². The normalized spacial score (nSPS) is 15.0. The Labute approximate surface area is 150 Å². The number of carbonyl (C=O) groups is 1. The van der Waals surface area contributed by atoms with E-state index in [2.05, 4.69) is 10.4 Å². The first-order chi connectivity index (χ1) is 12.0. The number of nitrogens with one attached hydrogen (secondary N) is 1. The number of ether oxygens (including phenoxy) is 1. The molecule has 8 heteroatoms. The molecule has 2 aromatic rings. The first-order valence-corrected chi connectivity index (χ1v) is 8.42. The van der Waals surface area contributed by atoms with Crippen LogP contribution in [0.5, 0.6) is 5.75 Å². The van der Waals surface area contributed by atoms with Crippen LogP contribution in [-0.4, -0.2) is 39.9 Å². The topological polar surface area (TPSA) is 76.5 Å². The highest BCUT2D eigenvalue weighted by Crippen LogP contribution is 2.26. The van der Waals surface area contributed by atoms with Gasteiger partial charge in [-0.2, -0.15) is 5.10 Å². The van der Waals surface area contributed by atoms with Gasteiger partial charge in [0, 0.05) is 39.0 Å². The number of urea groups is 1. The molecule has 1 aliphatic heterocycles. The fraction of sp³-hybridized carbons (Fsp3) is 0.353. The summed E-state index contributed by atoms with van der Waals surface area (Å²) in [5, 5.41) is 7.29. The molecule has 1 aromatic heterocycles. The van der Waals surface area contributed by atoms with E-state index in [1.165, 1.54) is 23.9 Å². The van der Waals surface area contributed by atoms with Gasteiger partial charge in [0.15, 0.2) is 5.82 Å². The van der Waals surface area contributed by atoms with Crippen molar-refractivity contribution in [3.05, 3.63) is 51.8 Å². The van der Waals surface area contributed by atoms with Crippen LogP contribution >= 0.6 is 11.6 Å². The SMILES string of the molecule is Cn1nc(NC(=O)N2CCC(Oc3ccccc3Cl)CC2)ccc1=O. The van der Waals surface area contributed by atoms with Crippen molar-refractivity contribution >= 4 is 23.4 Å². The van der Waals surface area contributed by atoms with Gasteiger partial charge in [0.1, 0.15) is 11.9 Å². The second-order valence-electron chi connectivity index (χ2n) is 5.85. The van der Waals surface area contributed by atoms with Crippen molar-refractivity contribution in [3.63, 3.8) is 0 Å². The lowest BCUT2D eigenvalue weighted by Gasteiger charge is -2.32. The molecule has 7 nitrogen and oxygen atoms in total. The third-order valence-corrected chi connectivity index (χ3v) is 4.37. The summed E-state index contributed by atoms with van der Waals surface area (Å²) < 4.78 is 7.10. The Bertz CT molecular complexity index is 816. The number of halogens is 1. The molecular weight excluding hydrogens is 344 g/mol. The van der Waals surface area contributed by atoms with E-state index in [9.17, 15) is 9.59 Å². The van der Waals surface area contributed by atoms with E-state index in [0.717, 1.165) is 12.8 Å². The van der Waals surface area contributed by atoms with Gasteiger partial charge in [-0.15, -0.1) is 0 Å². The van der Waals surface area contributed by atoms with E-state index in [1.54, 1.807) is 11.0 Å². The number of aromatic nitrogens is 2. The Kier molecular flexibility index (Phi) is 5.23. The number of hydrogen-bond acceptors (Lipinski definition) is 4. The summed E-state index contributed by atoms with van der Waals surface area (Å²) in [6, 6.07) is 9.99. The predicted molar refractivity (Wildman–Crippen MR) is 95.2 cm³/mol. The average Bonchev–Trinajstić information content (AvgIpc) is 2.61. The molecule has 0 radical (unpaired) electrons. The van der Waals surface area contributed by atoms with Gasteiger partial charge >= 0.3 is 6.03 Å². The third-order valence-electron chi connectivity index (χ3n) is 4.05. The molecule has 1 saturated heterocycles. The van der Waals surface area contributed by atoms with Crippen molar-refractivity contribution in [1.29, 1.82) is 0 Å². The molecule has 0 bridgehead atoms. The van der Waals surface area contributed by atoms with Crippen molar-refractivity contribution in [3.8, 4) is 5.75 Å². The molecule has 0 saturated carbocycles. The van der Waals surface area contributed by atoms with E-state index in [0.29, 0.717) is 29.7 Å². The highest BCUT2D eigenvalue weighted by molar-refractivity contribution is 6.32. The fourth-order valence-electron chi connectivity index (χ4n) is 2.65. The zero-order valence-electron chi connectivity index (χ0n) is 13.8. The number of piperidine rings is 1. The maximum Gasteiger partial charge on any atom is 0.323 e. The lowest BCUT2D eigenvalue weighted by atomic mass is 10.1. The molecule has 1 aliphatic rings. The summed E-state index contributed by atoms with van der Waals surface area (Å²) in [4.78, 5) is 25.3. The first-order valence-electron chi connectivity index (χ1n) is 8.04. The van der Waals surface area contributed by atoms with Gasteiger partial charge in [-0.1, -0.05) is 23.7 Å². The van der Waals surface area contributed by atoms with Gasteiger partial charge in [0.25, 0.3) is 5.56 Å². The van der Waals surface area contributed by atoms with Crippen LogP contribution in [0.2, 0.25) is 5.02 Å². The van der Waals surface area contributed by atoms with Crippen LogP contribution in [0.25, 0.3) is 0 Å². The molecule has 3 rings (SSSR count). The molecular formula is C17H19ClN4O3. The Balaban J connectivity index is 1.53. The van der Waals surface area contributed by atoms with E-state index in [1.807, 2.05) is 18.2 Å². The van der Waals surface area contributed by atoms with Crippen LogP contribution < -0.4 is 15.6 Å². The third kappa shape index (κ3) is 4.30. The van der Waals surface area contributed by atoms with Gasteiger partial charge < -0.3 is 9.64 Å². The molecule has 1 N–H and O–H groups in total. The van der Waals surface area contributed by atoms with Gasteiger partial charge in [-0.25, -0.2) is 9.48 Å². The number of para-hydroxylation sites is 1. The summed E-state index contributed by atoms with van der Waals surface area (Å²) in [6.07, 6.45) is 1.47. The van der Waals surface area contributed by atoms with Crippen molar-refractivity contribution in [2.24, 2.45) is 7.05 Å². The number of rotatable bonds is 3. The highest BCUT2D eigenvalue weighted by Gasteiger charge is 2.24. The fourth-order valence-corrected chi connectivity index (χ4v) is 2.83. The van der Waals surface area contributed by atoms with Crippen LogP contribution in [0.1, 0.15) is 12.8 Å². The van der Waals surface area contributed by atoms with E-state index in [4.69, 9.17) is 16.3 Å². The summed E-state index contributed by atoms with van der Waals surface area (Å²) in [5.74, 6) is 1.02. The molecule has 2 amide bonds. The Morgan fingerprint density at radius 1 is 1.24 bits per heavy atom. The quantitative estimate of drug-likeness (QED) is 0.910. The maximum absolute atomic E-state index is 12.3. The van der Waals surface area contributed by atoms with E-state index in [-0.39, 0.29) is 17.7 Å². The van der Waals surface area contributed by atoms with Crippen molar-refractivity contribution in [2.45, 2.75) is 18.9 Å². The summed E-state index contributed by atoms with van der Waals surface area (Å²) in [5.41, 5.74) is -0.226. The summed E-state index contributed by atoms with van der Waals surface area (Å²) >= 11 is 6.11. The lowest BCUT2D eigenvalue weighted by molar-refractivity contribution is 0.115. The Morgan fingerprint density at radius 2 is 1.96 bits per heavy atom. The van der Waals surface area contributed by atoms with Gasteiger partial charge in [0.2, 0.25) is 0 Å². The number of benzene rings is 1. The van der Waals surface area contributed by atoms with Gasteiger partial charge in [0.05, 0.1) is 5.02 Å². The zero-order valence-corrected chi connectivity index (χ0v) is 14.6. The number of amides is 2. The van der Waals surface area contributed by atoms with Crippen LogP contribution in [-0.2, 0) is 7.05 Å². The number of nitrogens with zero attached hydrogens (tertiary/aromatic N) is 3. The molecule has 1 aromatic carbocycles. The predicted octanol–water partition coefficient (Wildman–Crippen LogP) is 2.51. The molecule has 25 heavy (non-hydrogen) atoms. The average molecular weight is 363 g/mol. The number of aryl methyl sites for hydroxylation is 1. The zero-order chi connectivity index (χ0) is 17.8. The van der Waals surface area contributed by atoms with Gasteiger partial charge in [-0.05, 0) is 18.2 Å². The van der Waals surface area contributed by atoms with Crippen LogP contribution in [0, 0.1) is 0 Å². The van der Waals surface area contributed by atoms with Crippen LogP contribution in [0.15, 0.2) is 41.2 Å². The second-order valence-corrected chi connectivity index (χ2v) is 6.25. The first kappa shape index (κ1) is 17.3. The van der Waals surface area contributed by atoms with Crippen molar-refractivity contribution in [1.82, 2.24) is 14.7 Å². The second kappa shape index (κ2) is 7.57. The minimum Gasteiger partial charge on any atom is -0.489 e. The minimum absolute atomic E-state index is 0.0274. The minimum atomic E-state index is -0.234. The Hall–Kier alpha value is -2.54. The summed E-state index contributed by atoms with van der Waals surface area (Å²) in [7, 11) is 1.54. The standard InChI is InChI=1S/C17H19ClN4O3/c1-21-16(23)7-6-15(20-21)19-17(24)22-10-8-12(9-11-22)25-14-5-3-2-4-13(14)18/h2-7,12H,8-11H2,1H3,(H,19,20,24). The van der Waals surface area contributed by atoms with Crippen LogP contribution in [0.4, 0.5) is 10.6 Å². The molecule has 0 spiro atoms. The highest BCUT2D eigenvalue weighted by atomic mass is 35.5. The van der Waals surface area contributed by atoms with Crippen LogP contribution in [0.3, 0.4) is 0 Å². The van der Waals surface area contributed by atoms with Crippen molar-refractivity contribution < 1.29 is 9.53 Å². The largest absolute Gasteiger partial charge is 0.489 e. The number of hydrogen-bond donors (Lipinski definition) is 1. The van der Waals surface area contributed by atoms with E-state index < -0.39 is 0 Å². The lowest BCUT2D eigenvalue weighted by Crippen LogP contribution is -2.44. The maximum atomic E-state index is 12.3. The molecule has 0 atom stereocenters. The number of carbonyl (C=O) groups excluding carboxylic acids is 1. The molecule has 2 heterocycles. The molecule has 1 fully saturated rings.